The number of aliphatic hydroxyl groups is 1. The number of aromatic carboxylic acids is 1. The first-order valence-electron chi connectivity index (χ1n) is 14.7. The van der Waals surface area contributed by atoms with Crippen molar-refractivity contribution in [3.8, 4) is 0 Å². The number of rotatable bonds is 4. The fourth-order valence-corrected chi connectivity index (χ4v) is 3.87. The summed E-state index contributed by atoms with van der Waals surface area (Å²) in [6.07, 6.45) is 18.4. The lowest BCUT2D eigenvalue weighted by molar-refractivity contribution is -0.0757. The Labute approximate surface area is 284 Å². The Kier molecular flexibility index (Phi) is 19.1. The van der Waals surface area contributed by atoms with Crippen molar-refractivity contribution in [2.45, 2.75) is 26.7 Å². The number of pyridine rings is 3. The molecule has 0 aromatic carbocycles. The average molecular weight is 684 g/mol. The molecule has 1 aliphatic heterocycles. The van der Waals surface area contributed by atoms with Crippen molar-refractivity contribution < 1.29 is 34.2 Å². The molecule has 1 aliphatic rings. The van der Waals surface area contributed by atoms with Crippen LogP contribution in [-0.4, -0.2) is 96.1 Å². The van der Waals surface area contributed by atoms with Crippen LogP contribution in [0.2, 0.25) is 0 Å². The van der Waals surface area contributed by atoms with Crippen LogP contribution in [0.1, 0.15) is 57.8 Å². The molecule has 14 nitrogen and oxygen atoms in total. The van der Waals surface area contributed by atoms with E-state index in [0.717, 1.165) is 43.2 Å². The largest absolute Gasteiger partial charge is 0.478 e. The van der Waals surface area contributed by atoms with Crippen molar-refractivity contribution in [1.82, 2.24) is 33.2 Å². The Morgan fingerprint density at radius 3 is 1.65 bits per heavy atom. The standard InChI is InChI=1S/C10H11N3O2.C8H6N2O2.C8H6N2O.C4H8O.C2H6.CH4O.ClH/c1-12(15-2)10(14)8-3-4-9-5-11-7-13(9)6-8;11-8(12)6-1-2-7-3-9-5-10(7)4-6;11-5-7-1-2-8-3-9-6-10(8)4-7;1-2-4-5-3-1;2*1-2;/h3-7H,1-2H3;1-5H,(H,11,12);1-6H;1-4H2;1-2H3;2H,1H3;1H. The maximum atomic E-state index is 11.7. The maximum absolute atomic E-state index is 11.7. The van der Waals surface area contributed by atoms with Crippen LogP contribution < -0.4 is 0 Å². The lowest BCUT2D eigenvalue weighted by Crippen LogP contribution is -2.25. The van der Waals surface area contributed by atoms with E-state index in [1.807, 2.05) is 30.4 Å². The zero-order valence-corrected chi connectivity index (χ0v) is 28.4. The van der Waals surface area contributed by atoms with Crippen LogP contribution in [-0.2, 0) is 9.57 Å². The molecule has 1 fully saturated rings. The fourth-order valence-electron chi connectivity index (χ4n) is 3.87. The Morgan fingerprint density at radius 1 is 0.792 bits per heavy atom. The van der Waals surface area contributed by atoms with E-state index in [4.69, 9.17) is 19.8 Å². The second-order valence-corrected chi connectivity index (χ2v) is 9.20. The molecule has 258 valence electrons. The number of carbonyl (C=O) groups is 3. The number of carboxylic acids is 1. The lowest BCUT2D eigenvalue weighted by atomic mass is 10.2. The Morgan fingerprint density at radius 2 is 1.23 bits per heavy atom. The van der Waals surface area contributed by atoms with Gasteiger partial charge in [-0.25, -0.2) is 24.8 Å². The number of nitrogens with zero attached hydrogens (tertiary/aromatic N) is 7. The molecule has 7 heterocycles. The summed E-state index contributed by atoms with van der Waals surface area (Å²) in [7, 11) is 4.02. The van der Waals surface area contributed by atoms with Crippen LogP contribution in [0.5, 0.6) is 0 Å². The van der Waals surface area contributed by atoms with E-state index >= 15 is 0 Å². The number of aldehydes is 1. The van der Waals surface area contributed by atoms with Crippen molar-refractivity contribution in [2.24, 2.45) is 0 Å². The van der Waals surface area contributed by atoms with Gasteiger partial charge in [-0.2, -0.15) is 0 Å². The number of carbonyl (C=O) groups excluding carboxylic acids is 2. The predicted octanol–water partition coefficient (Wildman–Crippen LogP) is 5.00. The summed E-state index contributed by atoms with van der Waals surface area (Å²) in [6.45, 7) is 6.00. The van der Waals surface area contributed by atoms with Gasteiger partial charge in [0, 0.05) is 51.5 Å². The average Bonchev–Trinajstić information content (AvgIpc) is 3.97. The number of hydroxylamine groups is 2. The molecule has 7 rings (SSSR count). The van der Waals surface area contributed by atoms with Gasteiger partial charge < -0.3 is 28.2 Å². The summed E-state index contributed by atoms with van der Waals surface area (Å²) >= 11 is 0. The third kappa shape index (κ3) is 12.2. The van der Waals surface area contributed by atoms with Gasteiger partial charge in [-0.15, -0.1) is 12.4 Å². The first kappa shape index (κ1) is 40.9. The van der Waals surface area contributed by atoms with Gasteiger partial charge in [-0.1, -0.05) is 13.8 Å². The summed E-state index contributed by atoms with van der Waals surface area (Å²) < 4.78 is 10.2. The molecule has 0 atom stereocenters. The number of fused-ring (bicyclic) bond motifs is 3. The number of ether oxygens (including phenoxy) is 1. The van der Waals surface area contributed by atoms with E-state index in [2.05, 4.69) is 15.0 Å². The third-order valence-electron chi connectivity index (χ3n) is 6.26. The third-order valence-corrected chi connectivity index (χ3v) is 6.26. The van der Waals surface area contributed by atoms with Crippen LogP contribution in [0, 0.1) is 0 Å². The van der Waals surface area contributed by atoms with Crippen LogP contribution in [0.3, 0.4) is 0 Å². The molecule has 48 heavy (non-hydrogen) atoms. The molecule has 1 amide bonds. The first-order valence-corrected chi connectivity index (χ1v) is 14.7. The monoisotopic (exact) mass is 683 g/mol. The molecular weight excluding hydrogens is 642 g/mol. The molecule has 0 saturated carbocycles. The number of imidazole rings is 3. The molecule has 2 N–H and O–H groups in total. The molecular formula is C33H42ClN7O7. The molecule has 0 unspecified atom stereocenters. The number of aliphatic hydroxyl groups excluding tert-OH is 1. The normalized spacial score (nSPS) is 11.0. The van der Waals surface area contributed by atoms with Crippen molar-refractivity contribution >= 4 is 47.1 Å². The highest BCUT2D eigenvalue weighted by atomic mass is 35.5. The van der Waals surface area contributed by atoms with Gasteiger partial charge in [0.2, 0.25) is 0 Å². The van der Waals surface area contributed by atoms with Crippen molar-refractivity contribution in [2.75, 3.05) is 34.5 Å². The van der Waals surface area contributed by atoms with Crippen LogP contribution in [0.15, 0.2) is 92.6 Å². The van der Waals surface area contributed by atoms with Crippen LogP contribution >= 0.6 is 12.4 Å². The SMILES string of the molecule is C1CCOC1.CC.CO.CON(C)C(=O)c1ccc2cncn2c1.Cl.O=C(O)c1ccc2cncn2c1.O=Cc1ccc2cncn2c1. The zero-order chi connectivity index (χ0) is 34.6. The second-order valence-electron chi connectivity index (χ2n) is 9.20. The van der Waals surface area contributed by atoms with Gasteiger partial charge in [0.1, 0.15) is 0 Å². The van der Waals surface area contributed by atoms with Gasteiger partial charge in [-0.3, -0.25) is 14.4 Å². The number of hydrogen-bond acceptors (Lipinski definition) is 9. The first-order chi connectivity index (χ1) is 22.9. The highest BCUT2D eigenvalue weighted by Gasteiger charge is 2.11. The Hall–Kier alpha value is -5.15. The predicted molar refractivity (Wildman–Crippen MR) is 184 cm³/mol. The summed E-state index contributed by atoms with van der Waals surface area (Å²) in [4.78, 5) is 49.2. The van der Waals surface area contributed by atoms with Gasteiger partial charge in [0.15, 0.2) is 6.29 Å². The molecule has 0 aliphatic carbocycles. The Balaban J connectivity index is 0.000000319. The maximum Gasteiger partial charge on any atom is 0.337 e. The second kappa shape index (κ2) is 22.4. The fraction of sp³-hybridized carbons (Fsp3) is 0.273. The summed E-state index contributed by atoms with van der Waals surface area (Å²) in [5.74, 6) is -1.11. The van der Waals surface area contributed by atoms with E-state index in [-0.39, 0.29) is 23.9 Å². The van der Waals surface area contributed by atoms with E-state index in [9.17, 15) is 14.4 Å². The summed E-state index contributed by atoms with van der Waals surface area (Å²) in [5, 5.41) is 16.8. The highest BCUT2D eigenvalue weighted by molar-refractivity contribution is 5.93. The van der Waals surface area contributed by atoms with Crippen LogP contribution in [0.4, 0.5) is 0 Å². The molecule has 0 spiro atoms. The number of amides is 1. The molecule has 0 bridgehead atoms. The van der Waals surface area contributed by atoms with Crippen LogP contribution in [0.25, 0.3) is 16.6 Å². The van der Waals surface area contributed by atoms with Gasteiger partial charge in [0.05, 0.1) is 72.4 Å². The van der Waals surface area contributed by atoms with Gasteiger partial charge >= 0.3 is 5.97 Å². The van der Waals surface area contributed by atoms with Gasteiger partial charge in [0.25, 0.3) is 5.91 Å². The lowest BCUT2D eigenvalue weighted by Gasteiger charge is -2.13. The van der Waals surface area contributed by atoms with E-state index < -0.39 is 5.97 Å². The molecule has 6 aromatic rings. The summed E-state index contributed by atoms with van der Waals surface area (Å²) in [6, 6.07) is 10.5. The van der Waals surface area contributed by atoms with E-state index in [1.165, 1.54) is 31.2 Å². The quantitative estimate of drug-likeness (QED) is 0.191. The number of carboxylic acid groups (broad SMARTS) is 1. The van der Waals surface area contributed by atoms with E-state index in [0.29, 0.717) is 11.1 Å². The number of halogens is 1. The molecule has 6 aromatic heterocycles. The number of aromatic nitrogens is 6. The highest BCUT2D eigenvalue weighted by Crippen LogP contribution is 2.08. The summed E-state index contributed by atoms with van der Waals surface area (Å²) in [5.41, 5.74) is 4.32. The molecule has 15 heteroatoms. The number of hydrogen-bond donors (Lipinski definition) is 2. The molecule has 0 radical (unpaired) electrons. The minimum Gasteiger partial charge on any atom is -0.478 e. The van der Waals surface area contributed by atoms with E-state index in [1.54, 1.807) is 90.1 Å². The smallest absolute Gasteiger partial charge is 0.337 e. The zero-order valence-electron chi connectivity index (χ0n) is 27.5. The Bertz CT molecular complexity index is 1810. The minimum absolute atomic E-state index is 0. The van der Waals surface area contributed by atoms with Crippen molar-refractivity contribution in [3.63, 3.8) is 0 Å². The van der Waals surface area contributed by atoms with Crippen molar-refractivity contribution in [1.29, 1.82) is 0 Å². The van der Waals surface area contributed by atoms with Gasteiger partial charge in [-0.05, 0) is 49.2 Å². The topological polar surface area (TPSA) is 165 Å². The minimum atomic E-state index is -0.925. The molecule has 1 saturated heterocycles. The van der Waals surface area contributed by atoms with Crippen molar-refractivity contribution in [3.05, 3.63) is 109 Å².